The van der Waals surface area contributed by atoms with E-state index in [-0.39, 0.29) is 24.1 Å². The summed E-state index contributed by atoms with van der Waals surface area (Å²) in [6.07, 6.45) is -9.28. The molecule has 0 fully saturated rings. The number of benzene rings is 3. The Morgan fingerprint density at radius 3 is 2.13 bits per heavy atom. The first kappa shape index (κ1) is 26.6. The van der Waals surface area contributed by atoms with Crippen molar-refractivity contribution in [1.82, 2.24) is 15.0 Å². The van der Waals surface area contributed by atoms with Crippen LogP contribution >= 0.6 is 0 Å². The molecule has 0 amide bonds. The largest absolute Gasteiger partial charge is 0.454 e. The summed E-state index contributed by atoms with van der Waals surface area (Å²) < 4.78 is 95.3. The maximum absolute atomic E-state index is 13.6. The Labute approximate surface area is 211 Å². The van der Waals surface area contributed by atoms with Gasteiger partial charge < -0.3 is 15.4 Å². The number of halogens is 7. The minimum atomic E-state index is -4.67. The molecule has 3 aromatic carbocycles. The fraction of sp³-hybridized carbons (Fsp3) is 0.160. The Bertz CT molecular complexity index is 1410. The van der Waals surface area contributed by atoms with Gasteiger partial charge in [-0.25, -0.2) is 4.39 Å². The molecule has 6 nitrogen and oxygen atoms in total. The van der Waals surface area contributed by atoms with Gasteiger partial charge in [0, 0.05) is 12.2 Å². The Morgan fingerprint density at radius 2 is 1.42 bits per heavy atom. The van der Waals surface area contributed by atoms with Crippen molar-refractivity contribution in [2.45, 2.75) is 18.9 Å². The monoisotopic (exact) mass is 537 g/mol. The van der Waals surface area contributed by atoms with Gasteiger partial charge in [0.2, 0.25) is 11.9 Å². The smallest absolute Gasteiger partial charge is 0.422 e. The molecule has 38 heavy (non-hydrogen) atoms. The zero-order valence-corrected chi connectivity index (χ0v) is 19.2. The third-order valence-electron chi connectivity index (χ3n) is 4.96. The zero-order valence-electron chi connectivity index (χ0n) is 19.2. The molecule has 13 heteroatoms. The van der Waals surface area contributed by atoms with Crippen LogP contribution in [0.2, 0.25) is 0 Å². The van der Waals surface area contributed by atoms with Gasteiger partial charge in [-0.15, -0.1) is 0 Å². The zero-order chi connectivity index (χ0) is 27.3. The highest BCUT2D eigenvalue weighted by molar-refractivity contribution is 5.64. The van der Waals surface area contributed by atoms with E-state index in [1.165, 1.54) is 18.2 Å². The van der Waals surface area contributed by atoms with Crippen molar-refractivity contribution in [3.63, 3.8) is 0 Å². The number of aromatic nitrogens is 3. The van der Waals surface area contributed by atoms with Crippen LogP contribution in [0.25, 0.3) is 11.1 Å². The third kappa shape index (κ3) is 7.54. The molecule has 0 saturated heterocycles. The number of nitrogens with zero attached hydrogens (tertiary/aromatic N) is 3. The second kappa shape index (κ2) is 10.9. The summed E-state index contributed by atoms with van der Waals surface area (Å²) in [7, 11) is 0. The molecule has 0 saturated carbocycles. The van der Waals surface area contributed by atoms with Gasteiger partial charge in [0.15, 0.2) is 6.61 Å². The maximum Gasteiger partial charge on any atom is 0.422 e. The molecule has 4 rings (SSSR count). The van der Waals surface area contributed by atoms with Crippen molar-refractivity contribution < 1.29 is 35.5 Å². The quantitative estimate of drug-likeness (QED) is 0.236. The van der Waals surface area contributed by atoms with Crippen LogP contribution in [-0.2, 0) is 12.7 Å². The molecule has 0 bridgehead atoms. The number of rotatable bonds is 8. The van der Waals surface area contributed by atoms with E-state index in [9.17, 15) is 30.7 Å². The molecule has 0 radical (unpaired) electrons. The normalized spacial score (nSPS) is 11.8. The molecule has 2 N–H and O–H groups in total. The Hall–Kier alpha value is -4.42. The van der Waals surface area contributed by atoms with Crippen LogP contribution in [0.3, 0.4) is 0 Å². The van der Waals surface area contributed by atoms with Crippen molar-refractivity contribution in [3.05, 3.63) is 89.7 Å². The molecule has 0 spiro atoms. The van der Waals surface area contributed by atoms with E-state index in [1.54, 1.807) is 36.4 Å². The highest BCUT2D eigenvalue weighted by atomic mass is 19.4. The average Bonchev–Trinajstić information content (AvgIpc) is 2.86. The van der Waals surface area contributed by atoms with Crippen molar-refractivity contribution in [2.75, 3.05) is 17.2 Å². The lowest BCUT2D eigenvalue weighted by Gasteiger charge is -2.13. The van der Waals surface area contributed by atoms with E-state index in [4.69, 9.17) is 0 Å². The first-order valence-corrected chi connectivity index (χ1v) is 10.9. The molecule has 0 atom stereocenters. The third-order valence-corrected chi connectivity index (χ3v) is 4.96. The molecule has 1 aromatic heterocycles. The summed E-state index contributed by atoms with van der Waals surface area (Å²) in [6.45, 7) is -1.58. The minimum absolute atomic E-state index is 0.0541. The molecule has 0 aliphatic carbocycles. The van der Waals surface area contributed by atoms with Gasteiger partial charge in [-0.3, -0.25) is 0 Å². The van der Waals surface area contributed by atoms with Crippen LogP contribution in [0.5, 0.6) is 6.01 Å². The van der Waals surface area contributed by atoms with E-state index in [0.29, 0.717) is 11.1 Å². The average molecular weight is 537 g/mol. The predicted octanol–water partition coefficient (Wildman–Crippen LogP) is 6.99. The van der Waals surface area contributed by atoms with Crippen LogP contribution in [0.15, 0.2) is 72.8 Å². The highest BCUT2D eigenvalue weighted by Gasteiger charge is 2.31. The lowest BCUT2D eigenvalue weighted by molar-refractivity contribution is -0.154. The van der Waals surface area contributed by atoms with Crippen LogP contribution in [0.1, 0.15) is 11.1 Å². The van der Waals surface area contributed by atoms with Gasteiger partial charge in [-0.05, 0) is 53.1 Å². The van der Waals surface area contributed by atoms with Gasteiger partial charge in [-0.1, -0.05) is 36.4 Å². The van der Waals surface area contributed by atoms with Gasteiger partial charge in [0.1, 0.15) is 5.82 Å². The summed E-state index contributed by atoms with van der Waals surface area (Å²) in [5.74, 6) is -0.932. The maximum atomic E-state index is 13.6. The van der Waals surface area contributed by atoms with Gasteiger partial charge in [0.25, 0.3) is 0 Å². The summed E-state index contributed by atoms with van der Waals surface area (Å²) >= 11 is 0. The fourth-order valence-corrected chi connectivity index (χ4v) is 3.31. The van der Waals surface area contributed by atoms with E-state index in [2.05, 4.69) is 30.3 Å². The number of hydrogen-bond donors (Lipinski definition) is 2. The minimum Gasteiger partial charge on any atom is -0.454 e. The van der Waals surface area contributed by atoms with Crippen LogP contribution in [0, 0.1) is 5.82 Å². The van der Waals surface area contributed by atoms with Gasteiger partial charge >= 0.3 is 18.4 Å². The van der Waals surface area contributed by atoms with E-state index >= 15 is 0 Å². The lowest BCUT2D eigenvalue weighted by atomic mass is 10.0. The standard InChI is InChI=1S/C25H18F7N5O/c26-19-8-2-6-17(11-19)16-5-1-4-15(10-16)13-33-21-35-22(37-23(36-21)38-14-24(27,28)29)34-20-9-3-7-18(12-20)25(30,31)32/h1-12H,13-14H2,(H2,33,34,35,36,37). The van der Waals surface area contributed by atoms with Crippen molar-refractivity contribution >= 4 is 17.6 Å². The predicted molar refractivity (Wildman–Crippen MR) is 125 cm³/mol. The summed E-state index contributed by atoms with van der Waals surface area (Å²) in [4.78, 5) is 11.6. The molecule has 0 unspecified atom stereocenters. The lowest BCUT2D eigenvalue weighted by Crippen LogP contribution is -2.21. The number of ether oxygens (including phenoxy) is 1. The number of alkyl halides is 6. The second-order valence-electron chi connectivity index (χ2n) is 7.94. The molecule has 4 aromatic rings. The number of anilines is 3. The Kier molecular flexibility index (Phi) is 7.65. The van der Waals surface area contributed by atoms with Gasteiger partial charge in [-0.2, -0.15) is 41.3 Å². The van der Waals surface area contributed by atoms with Crippen LogP contribution in [-0.4, -0.2) is 27.7 Å². The van der Waals surface area contributed by atoms with Crippen LogP contribution in [0.4, 0.5) is 48.3 Å². The fourth-order valence-electron chi connectivity index (χ4n) is 3.31. The highest BCUT2D eigenvalue weighted by Crippen LogP contribution is 2.31. The van der Waals surface area contributed by atoms with Gasteiger partial charge in [0.05, 0.1) is 5.56 Å². The number of hydrogen-bond acceptors (Lipinski definition) is 6. The van der Waals surface area contributed by atoms with Crippen molar-refractivity contribution in [2.24, 2.45) is 0 Å². The first-order chi connectivity index (χ1) is 17.9. The Balaban J connectivity index is 1.56. The molecule has 0 aliphatic rings. The van der Waals surface area contributed by atoms with E-state index in [1.807, 2.05) is 0 Å². The summed E-state index contributed by atoms with van der Waals surface area (Å²) in [6, 6.07) is 16.5. The molecular formula is C25H18F7N5O. The molecule has 1 heterocycles. The topological polar surface area (TPSA) is 72.0 Å². The van der Waals surface area contributed by atoms with E-state index < -0.39 is 36.4 Å². The SMILES string of the molecule is Fc1cccc(-c2cccc(CNc3nc(Nc4cccc(C(F)(F)F)c4)nc(OCC(F)(F)F)n3)c2)c1. The molecule has 198 valence electrons. The van der Waals surface area contributed by atoms with Crippen molar-refractivity contribution in [1.29, 1.82) is 0 Å². The number of nitrogens with one attached hydrogen (secondary N) is 2. The Morgan fingerprint density at radius 1 is 0.737 bits per heavy atom. The summed E-state index contributed by atoms with van der Waals surface area (Å²) in [5.41, 5.74) is 1.07. The summed E-state index contributed by atoms with van der Waals surface area (Å²) in [5, 5.41) is 5.36. The first-order valence-electron chi connectivity index (χ1n) is 10.9. The second-order valence-corrected chi connectivity index (χ2v) is 7.94. The molecular weight excluding hydrogens is 519 g/mol. The van der Waals surface area contributed by atoms with E-state index in [0.717, 1.165) is 23.8 Å². The van der Waals surface area contributed by atoms with Crippen molar-refractivity contribution in [3.8, 4) is 17.1 Å². The molecule has 0 aliphatic heterocycles. The van der Waals surface area contributed by atoms with Crippen LogP contribution < -0.4 is 15.4 Å².